The Hall–Kier alpha value is -5.96. The fourth-order valence-corrected chi connectivity index (χ4v) is 10.8. The highest BCUT2D eigenvalue weighted by molar-refractivity contribution is 7.25. The van der Waals surface area contributed by atoms with Crippen molar-refractivity contribution < 1.29 is 0 Å². The molecule has 0 atom stereocenters. The van der Waals surface area contributed by atoms with Gasteiger partial charge >= 0.3 is 0 Å². The molecule has 0 amide bonds. The lowest BCUT2D eigenvalue weighted by atomic mass is 9.77. The molecule has 1 nitrogen and oxygen atoms in total. The lowest BCUT2D eigenvalue weighted by Gasteiger charge is -2.29. The second-order valence-electron chi connectivity index (χ2n) is 16.1. The van der Waals surface area contributed by atoms with Gasteiger partial charge in [0.2, 0.25) is 0 Å². The van der Waals surface area contributed by atoms with Crippen molar-refractivity contribution in [1.29, 1.82) is 0 Å². The van der Waals surface area contributed by atoms with E-state index in [9.17, 15) is 0 Å². The van der Waals surface area contributed by atoms with Gasteiger partial charge in [0.15, 0.2) is 0 Å². The molecule has 11 rings (SSSR count). The fourth-order valence-electron chi connectivity index (χ4n) is 9.68. The molecule has 0 saturated heterocycles. The van der Waals surface area contributed by atoms with Crippen molar-refractivity contribution in [2.75, 3.05) is 4.90 Å². The van der Waals surface area contributed by atoms with Gasteiger partial charge in [-0.2, -0.15) is 0 Å². The quantitative estimate of drug-likeness (QED) is 0.176. The monoisotopic (exact) mass is 709 g/mol. The maximum Gasteiger partial charge on any atom is 0.0540 e. The van der Waals surface area contributed by atoms with E-state index in [0.29, 0.717) is 0 Å². The standard InChI is InChI=1S/C52H39NS/c1-51(2)43-21-13-20-37(33-14-6-5-7-15-33)50(43)42-30-41-38-26-24-34(28-44(38)52(3,4)45(41)31-46(42)51)53(47-22-12-17-32-16-8-9-18-36(32)47)35-25-27-40-39-19-10-11-23-48(39)54-49(40)29-35/h5-31H,1-4H3. The minimum absolute atomic E-state index is 0.100. The van der Waals surface area contributed by atoms with Crippen LogP contribution in [0.1, 0.15) is 49.9 Å². The molecule has 0 aliphatic heterocycles. The van der Waals surface area contributed by atoms with E-state index in [-0.39, 0.29) is 10.8 Å². The van der Waals surface area contributed by atoms with Crippen LogP contribution in [0, 0.1) is 0 Å². The van der Waals surface area contributed by atoms with Gasteiger partial charge in [0.25, 0.3) is 0 Å². The summed E-state index contributed by atoms with van der Waals surface area (Å²) in [4.78, 5) is 2.48. The summed E-state index contributed by atoms with van der Waals surface area (Å²) in [5.74, 6) is 0. The zero-order chi connectivity index (χ0) is 36.3. The molecule has 9 aromatic rings. The number of nitrogens with zero attached hydrogens (tertiary/aromatic N) is 1. The average molecular weight is 710 g/mol. The van der Waals surface area contributed by atoms with Gasteiger partial charge in [-0.25, -0.2) is 0 Å². The van der Waals surface area contributed by atoms with E-state index in [1.165, 1.54) is 104 Å². The molecule has 0 bridgehead atoms. The molecule has 258 valence electrons. The average Bonchev–Trinajstić information content (AvgIpc) is 3.76. The Bertz CT molecular complexity index is 2990. The molecule has 0 N–H and O–H groups in total. The second kappa shape index (κ2) is 11.3. The molecule has 54 heavy (non-hydrogen) atoms. The highest BCUT2D eigenvalue weighted by atomic mass is 32.1. The van der Waals surface area contributed by atoms with Crippen LogP contribution in [-0.2, 0) is 10.8 Å². The van der Waals surface area contributed by atoms with Crippen molar-refractivity contribution in [2.45, 2.75) is 38.5 Å². The molecular weight excluding hydrogens is 671 g/mol. The van der Waals surface area contributed by atoms with Crippen LogP contribution < -0.4 is 4.90 Å². The van der Waals surface area contributed by atoms with E-state index in [2.05, 4.69) is 196 Å². The van der Waals surface area contributed by atoms with Crippen molar-refractivity contribution in [3.05, 3.63) is 186 Å². The third-order valence-corrected chi connectivity index (χ3v) is 13.6. The van der Waals surface area contributed by atoms with Crippen LogP contribution in [0.3, 0.4) is 0 Å². The van der Waals surface area contributed by atoms with Crippen molar-refractivity contribution in [3.8, 4) is 33.4 Å². The third kappa shape index (κ3) is 4.38. The lowest BCUT2D eigenvalue weighted by Crippen LogP contribution is -2.19. The van der Waals surface area contributed by atoms with Crippen molar-refractivity contribution in [2.24, 2.45) is 0 Å². The number of hydrogen-bond donors (Lipinski definition) is 0. The number of hydrogen-bond acceptors (Lipinski definition) is 2. The molecule has 2 heteroatoms. The Morgan fingerprint density at radius 2 is 1.06 bits per heavy atom. The van der Waals surface area contributed by atoms with Crippen molar-refractivity contribution in [1.82, 2.24) is 0 Å². The van der Waals surface area contributed by atoms with E-state index >= 15 is 0 Å². The predicted octanol–water partition coefficient (Wildman–Crippen LogP) is 15.0. The van der Waals surface area contributed by atoms with Gasteiger partial charge < -0.3 is 4.90 Å². The first-order valence-corrected chi connectivity index (χ1v) is 19.8. The van der Waals surface area contributed by atoms with Gasteiger partial charge in [-0.3, -0.25) is 0 Å². The molecule has 0 fully saturated rings. The molecular formula is C52H39NS. The van der Waals surface area contributed by atoms with Crippen LogP contribution in [0.4, 0.5) is 17.1 Å². The second-order valence-corrected chi connectivity index (χ2v) is 17.2. The van der Waals surface area contributed by atoms with Gasteiger partial charge in [0.05, 0.1) is 5.69 Å². The fraction of sp³-hybridized carbons (Fsp3) is 0.115. The molecule has 2 aliphatic carbocycles. The van der Waals surface area contributed by atoms with Crippen molar-refractivity contribution >= 4 is 59.3 Å². The number of benzene rings is 8. The SMILES string of the molecule is CC1(C)c2cc(N(c3ccc4c(c3)sc3ccccc34)c3cccc4ccccc34)ccc2-c2cc3c(cc21)C(C)(C)c1cccc(-c2ccccc2)c1-3. The van der Waals surface area contributed by atoms with Crippen molar-refractivity contribution in [3.63, 3.8) is 0 Å². The first-order chi connectivity index (χ1) is 26.3. The van der Waals surface area contributed by atoms with E-state index in [1.807, 2.05) is 11.3 Å². The largest absolute Gasteiger partial charge is 0.310 e. The van der Waals surface area contributed by atoms with Gasteiger partial charge in [-0.05, 0) is 103 Å². The Kier molecular flexibility index (Phi) is 6.59. The zero-order valence-electron chi connectivity index (χ0n) is 30.9. The summed E-state index contributed by atoms with van der Waals surface area (Å²) in [6, 6.07) is 61.3. The number of thiophene rings is 1. The summed E-state index contributed by atoms with van der Waals surface area (Å²) >= 11 is 1.88. The zero-order valence-corrected chi connectivity index (χ0v) is 31.8. The molecule has 0 saturated carbocycles. The maximum atomic E-state index is 2.55. The molecule has 0 radical (unpaired) electrons. The van der Waals surface area contributed by atoms with Gasteiger partial charge in [-0.1, -0.05) is 149 Å². The summed E-state index contributed by atoms with van der Waals surface area (Å²) in [5, 5.41) is 5.12. The van der Waals surface area contributed by atoms with E-state index in [0.717, 1.165) is 0 Å². The molecule has 0 spiro atoms. The molecule has 1 aromatic heterocycles. The van der Waals surface area contributed by atoms with Crippen LogP contribution in [-0.4, -0.2) is 0 Å². The minimum atomic E-state index is -0.178. The summed E-state index contributed by atoms with van der Waals surface area (Å²) in [6.45, 7) is 9.65. The maximum absolute atomic E-state index is 2.55. The summed E-state index contributed by atoms with van der Waals surface area (Å²) in [6.07, 6.45) is 0. The third-order valence-electron chi connectivity index (χ3n) is 12.4. The Labute approximate surface area is 320 Å². The van der Waals surface area contributed by atoms with Crippen LogP contribution in [0.2, 0.25) is 0 Å². The molecule has 8 aromatic carbocycles. The van der Waals surface area contributed by atoms with Crippen LogP contribution >= 0.6 is 11.3 Å². The normalized spacial score (nSPS) is 14.6. The molecule has 2 aliphatic rings. The van der Waals surface area contributed by atoms with Crippen LogP contribution in [0.25, 0.3) is 64.3 Å². The Morgan fingerprint density at radius 1 is 0.407 bits per heavy atom. The van der Waals surface area contributed by atoms with Gasteiger partial charge in [0, 0.05) is 47.8 Å². The van der Waals surface area contributed by atoms with Crippen LogP contribution in [0.15, 0.2) is 164 Å². The highest BCUT2D eigenvalue weighted by Crippen LogP contribution is 2.58. The molecule has 1 heterocycles. The van der Waals surface area contributed by atoms with E-state index < -0.39 is 0 Å². The smallest absolute Gasteiger partial charge is 0.0540 e. The molecule has 0 unspecified atom stereocenters. The highest BCUT2D eigenvalue weighted by Gasteiger charge is 2.42. The minimum Gasteiger partial charge on any atom is -0.310 e. The topological polar surface area (TPSA) is 3.24 Å². The van der Waals surface area contributed by atoms with Gasteiger partial charge in [-0.15, -0.1) is 11.3 Å². The van der Waals surface area contributed by atoms with Gasteiger partial charge in [0.1, 0.15) is 0 Å². The summed E-state index contributed by atoms with van der Waals surface area (Å²) in [5.41, 5.74) is 16.9. The lowest BCUT2D eigenvalue weighted by molar-refractivity contribution is 0.639. The Morgan fingerprint density at radius 3 is 1.93 bits per heavy atom. The first-order valence-electron chi connectivity index (χ1n) is 19.0. The predicted molar refractivity (Wildman–Crippen MR) is 232 cm³/mol. The summed E-state index contributed by atoms with van der Waals surface area (Å²) < 4.78 is 2.63. The number of anilines is 3. The Balaban J connectivity index is 1.11. The van der Waals surface area contributed by atoms with E-state index in [1.54, 1.807) is 0 Å². The summed E-state index contributed by atoms with van der Waals surface area (Å²) in [7, 11) is 0. The van der Waals surface area contributed by atoms with Crippen LogP contribution in [0.5, 0.6) is 0 Å². The van der Waals surface area contributed by atoms with E-state index in [4.69, 9.17) is 0 Å². The number of fused-ring (bicyclic) bond motifs is 10. The number of rotatable bonds is 4. The first kappa shape index (κ1) is 31.6.